The van der Waals surface area contributed by atoms with Crippen molar-refractivity contribution in [3.63, 3.8) is 0 Å². The normalized spacial score (nSPS) is 12.9. The van der Waals surface area contributed by atoms with Gasteiger partial charge in [0.25, 0.3) is 0 Å². The van der Waals surface area contributed by atoms with Gasteiger partial charge in [0.1, 0.15) is 0 Å². The van der Waals surface area contributed by atoms with Crippen LogP contribution in [0.3, 0.4) is 0 Å². The van der Waals surface area contributed by atoms with E-state index in [4.69, 9.17) is 4.74 Å². The Morgan fingerprint density at radius 1 is 0.414 bits per heavy atom. The van der Waals surface area contributed by atoms with E-state index < -0.39 is 12.1 Å². The first-order chi connectivity index (χ1) is 34.5. The van der Waals surface area contributed by atoms with Gasteiger partial charge in [0.05, 0.1) is 25.4 Å². The van der Waals surface area contributed by atoms with Crippen LogP contribution in [0, 0.1) is 0 Å². The fraction of sp³-hybridized carbons (Fsp3) is 0.844. The third-order valence-electron chi connectivity index (χ3n) is 14.1. The minimum Gasteiger partial charge on any atom is -0.466 e. The minimum absolute atomic E-state index is 0.0349. The molecule has 70 heavy (non-hydrogen) atoms. The maximum atomic E-state index is 12.5. The smallest absolute Gasteiger partial charge is 0.305 e. The Bertz CT molecular complexity index is 1180. The van der Waals surface area contributed by atoms with Crippen molar-refractivity contribution in [2.24, 2.45) is 0 Å². The Morgan fingerprint density at radius 3 is 1.19 bits per heavy atom. The second-order valence-electron chi connectivity index (χ2n) is 21.1. The number of esters is 1. The molecule has 0 aliphatic carbocycles. The Morgan fingerprint density at radius 2 is 0.757 bits per heavy atom. The summed E-state index contributed by atoms with van der Waals surface area (Å²) in [5, 5.41) is 23.4. The van der Waals surface area contributed by atoms with Crippen LogP contribution < -0.4 is 5.32 Å². The second kappa shape index (κ2) is 59.4. The zero-order valence-corrected chi connectivity index (χ0v) is 46.7. The summed E-state index contributed by atoms with van der Waals surface area (Å²) in [7, 11) is 0. The number of unbranched alkanes of at least 4 members (excludes halogenated alkanes) is 39. The van der Waals surface area contributed by atoms with E-state index in [1.54, 1.807) is 0 Å². The summed E-state index contributed by atoms with van der Waals surface area (Å²) >= 11 is 0. The average molecular weight is 983 g/mol. The van der Waals surface area contributed by atoms with Crippen LogP contribution in [0.5, 0.6) is 0 Å². The second-order valence-corrected chi connectivity index (χ2v) is 21.1. The highest BCUT2D eigenvalue weighted by atomic mass is 16.5. The standard InChI is InChI=1S/C64H119NO5/c1-3-5-7-9-11-13-15-17-19-21-22-23-24-25-26-28-32-36-40-44-48-52-56-62(67)61(60-66)65-63(68)57-53-49-45-41-37-33-29-27-31-35-39-43-47-51-55-59-70-64(69)58-54-50-46-42-38-34-30-20-18-16-14-12-10-8-6-4-2/h14,16,20,27,30-31,35,39,61-62,66-67H,3-13,15,17-19,21-26,28-29,32-34,36-38,40-60H2,1-2H3,(H,65,68)/b16-14-,30-20-,31-27-,39-35-. The van der Waals surface area contributed by atoms with Crippen molar-refractivity contribution >= 4 is 11.9 Å². The molecule has 0 radical (unpaired) electrons. The molecule has 0 saturated carbocycles. The molecule has 0 saturated heterocycles. The van der Waals surface area contributed by atoms with Gasteiger partial charge in [-0.3, -0.25) is 9.59 Å². The van der Waals surface area contributed by atoms with E-state index >= 15 is 0 Å². The van der Waals surface area contributed by atoms with E-state index in [0.717, 1.165) is 89.9 Å². The summed E-state index contributed by atoms with van der Waals surface area (Å²) in [4.78, 5) is 24.6. The van der Waals surface area contributed by atoms with Crippen LogP contribution in [0.15, 0.2) is 48.6 Å². The van der Waals surface area contributed by atoms with E-state index in [1.807, 2.05) is 0 Å². The van der Waals surface area contributed by atoms with Crippen LogP contribution >= 0.6 is 0 Å². The van der Waals surface area contributed by atoms with Crippen molar-refractivity contribution in [2.45, 2.75) is 334 Å². The first kappa shape index (κ1) is 67.8. The van der Waals surface area contributed by atoms with Crippen molar-refractivity contribution in [1.29, 1.82) is 0 Å². The number of carbonyl (C=O) groups excluding carboxylic acids is 2. The largest absolute Gasteiger partial charge is 0.466 e. The molecule has 2 unspecified atom stereocenters. The molecule has 0 aliphatic rings. The molecule has 0 aromatic carbocycles. The lowest BCUT2D eigenvalue weighted by Gasteiger charge is -2.22. The monoisotopic (exact) mass is 982 g/mol. The topological polar surface area (TPSA) is 95.9 Å². The van der Waals surface area contributed by atoms with Gasteiger partial charge in [-0.2, -0.15) is 0 Å². The highest BCUT2D eigenvalue weighted by Gasteiger charge is 2.20. The van der Waals surface area contributed by atoms with Crippen molar-refractivity contribution < 1.29 is 24.5 Å². The minimum atomic E-state index is -0.681. The predicted molar refractivity (Wildman–Crippen MR) is 306 cm³/mol. The number of ether oxygens (including phenoxy) is 1. The van der Waals surface area contributed by atoms with Gasteiger partial charge < -0.3 is 20.3 Å². The molecule has 3 N–H and O–H groups in total. The lowest BCUT2D eigenvalue weighted by atomic mass is 10.0. The highest BCUT2D eigenvalue weighted by Crippen LogP contribution is 2.17. The summed E-state index contributed by atoms with van der Waals surface area (Å²) in [6.07, 6.45) is 75.4. The molecule has 0 aliphatic heterocycles. The van der Waals surface area contributed by atoms with Crippen LogP contribution in [0.1, 0.15) is 322 Å². The lowest BCUT2D eigenvalue weighted by molar-refractivity contribution is -0.143. The molecule has 0 heterocycles. The number of aliphatic hydroxyl groups excluding tert-OH is 2. The van der Waals surface area contributed by atoms with Crippen LogP contribution in [-0.2, 0) is 14.3 Å². The van der Waals surface area contributed by atoms with Crippen molar-refractivity contribution in [1.82, 2.24) is 5.32 Å². The quantitative estimate of drug-likeness (QED) is 0.0244. The molecular formula is C64H119NO5. The molecular weight excluding hydrogens is 863 g/mol. The zero-order chi connectivity index (χ0) is 50.7. The highest BCUT2D eigenvalue weighted by molar-refractivity contribution is 5.76. The third kappa shape index (κ3) is 55.1. The van der Waals surface area contributed by atoms with Crippen LogP contribution in [0.25, 0.3) is 0 Å². The first-order valence-corrected chi connectivity index (χ1v) is 30.9. The summed E-state index contributed by atoms with van der Waals surface area (Å²) in [5.41, 5.74) is 0. The summed E-state index contributed by atoms with van der Waals surface area (Å²) < 4.78 is 5.45. The third-order valence-corrected chi connectivity index (χ3v) is 14.1. The number of hydrogen-bond acceptors (Lipinski definition) is 5. The van der Waals surface area contributed by atoms with Gasteiger partial charge in [0.2, 0.25) is 5.91 Å². The Labute approximate surface area is 436 Å². The molecule has 0 fully saturated rings. The fourth-order valence-corrected chi connectivity index (χ4v) is 9.37. The molecule has 1 amide bonds. The van der Waals surface area contributed by atoms with Crippen LogP contribution in [-0.4, -0.2) is 47.4 Å². The zero-order valence-electron chi connectivity index (χ0n) is 46.7. The molecule has 2 atom stereocenters. The average Bonchev–Trinajstić information content (AvgIpc) is 3.36. The predicted octanol–water partition coefficient (Wildman–Crippen LogP) is 19.4. The summed E-state index contributed by atoms with van der Waals surface area (Å²) in [6, 6.07) is -0.561. The number of amides is 1. The van der Waals surface area contributed by atoms with Crippen LogP contribution in [0.4, 0.5) is 0 Å². The number of aliphatic hydroxyl groups is 2. The SMILES string of the molecule is CCCCCC/C=C\C/C=C\CCCCCCCC(=O)OCCCCC/C=C\C=C/CCCCCCCCC(=O)NC(CO)C(O)CCCCCCCCCCCCCCCCCCCCCCCC. The van der Waals surface area contributed by atoms with E-state index in [-0.39, 0.29) is 18.5 Å². The Balaban J connectivity index is 3.52. The van der Waals surface area contributed by atoms with Gasteiger partial charge in [-0.25, -0.2) is 0 Å². The molecule has 0 bridgehead atoms. The van der Waals surface area contributed by atoms with Gasteiger partial charge in [-0.05, 0) is 89.9 Å². The number of allylic oxidation sites excluding steroid dienone is 8. The fourth-order valence-electron chi connectivity index (χ4n) is 9.37. The molecule has 0 aromatic heterocycles. The lowest BCUT2D eigenvalue weighted by Crippen LogP contribution is -2.45. The van der Waals surface area contributed by atoms with Crippen molar-refractivity contribution in [3.05, 3.63) is 48.6 Å². The van der Waals surface area contributed by atoms with Crippen LogP contribution in [0.2, 0.25) is 0 Å². The van der Waals surface area contributed by atoms with E-state index in [0.29, 0.717) is 25.9 Å². The van der Waals surface area contributed by atoms with E-state index in [9.17, 15) is 19.8 Å². The van der Waals surface area contributed by atoms with Gasteiger partial charge in [-0.15, -0.1) is 0 Å². The van der Waals surface area contributed by atoms with Crippen molar-refractivity contribution in [2.75, 3.05) is 13.2 Å². The van der Waals surface area contributed by atoms with E-state index in [2.05, 4.69) is 67.8 Å². The summed E-state index contributed by atoms with van der Waals surface area (Å²) in [6.45, 7) is 4.89. The number of nitrogens with one attached hydrogen (secondary N) is 1. The number of rotatable bonds is 57. The summed E-state index contributed by atoms with van der Waals surface area (Å²) in [5.74, 6) is -0.0909. The number of carbonyl (C=O) groups is 2. The molecule has 6 heteroatoms. The Hall–Kier alpha value is -2.18. The molecule has 0 spiro atoms. The molecule has 0 aromatic rings. The molecule has 6 nitrogen and oxygen atoms in total. The maximum absolute atomic E-state index is 12.5. The van der Waals surface area contributed by atoms with E-state index in [1.165, 1.54) is 199 Å². The van der Waals surface area contributed by atoms with Gasteiger partial charge in [-0.1, -0.05) is 268 Å². The van der Waals surface area contributed by atoms with Gasteiger partial charge in [0, 0.05) is 12.8 Å². The first-order valence-electron chi connectivity index (χ1n) is 30.9. The Kier molecular flexibility index (Phi) is 57.5. The van der Waals surface area contributed by atoms with Gasteiger partial charge >= 0.3 is 5.97 Å². The maximum Gasteiger partial charge on any atom is 0.305 e. The molecule has 0 rings (SSSR count). The number of hydrogen-bond donors (Lipinski definition) is 3. The molecule has 410 valence electrons. The van der Waals surface area contributed by atoms with Gasteiger partial charge in [0.15, 0.2) is 0 Å². The van der Waals surface area contributed by atoms with Crippen molar-refractivity contribution in [3.8, 4) is 0 Å².